The van der Waals surface area contributed by atoms with Gasteiger partial charge in [0.05, 0.1) is 5.69 Å². The molecule has 1 aliphatic rings. The molecule has 2 rings (SSSR count). The SMILES string of the molecule is O=C(O)C1C=Nc2ccccc2S1. The Morgan fingerprint density at radius 2 is 2.23 bits per heavy atom. The van der Waals surface area contributed by atoms with Crippen molar-refractivity contribution in [1.29, 1.82) is 0 Å². The summed E-state index contributed by atoms with van der Waals surface area (Å²) in [4.78, 5) is 15.6. The van der Waals surface area contributed by atoms with Crippen LogP contribution in [0.15, 0.2) is 34.2 Å². The van der Waals surface area contributed by atoms with Gasteiger partial charge in [-0.15, -0.1) is 11.8 Å². The van der Waals surface area contributed by atoms with Crippen LogP contribution >= 0.6 is 11.8 Å². The molecule has 0 aliphatic carbocycles. The molecule has 0 spiro atoms. The third-order valence-corrected chi connectivity index (χ3v) is 2.89. The van der Waals surface area contributed by atoms with Crippen molar-refractivity contribution in [1.82, 2.24) is 0 Å². The first-order valence-electron chi connectivity index (χ1n) is 3.80. The number of hydrogen-bond donors (Lipinski definition) is 1. The van der Waals surface area contributed by atoms with Crippen LogP contribution in [-0.4, -0.2) is 22.5 Å². The highest BCUT2D eigenvalue weighted by Crippen LogP contribution is 2.35. The van der Waals surface area contributed by atoms with E-state index in [1.165, 1.54) is 18.0 Å². The lowest BCUT2D eigenvalue weighted by Gasteiger charge is -2.13. The van der Waals surface area contributed by atoms with Gasteiger partial charge >= 0.3 is 5.97 Å². The summed E-state index contributed by atoms with van der Waals surface area (Å²) in [6.07, 6.45) is 1.47. The molecule has 0 radical (unpaired) electrons. The number of fused-ring (bicyclic) bond motifs is 1. The molecule has 1 atom stereocenters. The highest BCUT2D eigenvalue weighted by atomic mass is 32.2. The van der Waals surface area contributed by atoms with Crippen LogP contribution in [0.25, 0.3) is 0 Å². The fourth-order valence-corrected chi connectivity index (χ4v) is 1.99. The van der Waals surface area contributed by atoms with E-state index in [4.69, 9.17) is 5.11 Å². The van der Waals surface area contributed by atoms with Gasteiger partial charge in [-0.05, 0) is 12.1 Å². The monoisotopic (exact) mass is 193 g/mol. The van der Waals surface area contributed by atoms with Crippen molar-refractivity contribution in [3.63, 3.8) is 0 Å². The number of hydrogen-bond acceptors (Lipinski definition) is 3. The lowest BCUT2D eigenvalue weighted by Crippen LogP contribution is -2.19. The Labute approximate surface area is 79.5 Å². The van der Waals surface area contributed by atoms with Gasteiger partial charge < -0.3 is 5.11 Å². The van der Waals surface area contributed by atoms with Crippen LogP contribution in [0.4, 0.5) is 5.69 Å². The fraction of sp³-hybridized carbons (Fsp3) is 0.111. The lowest BCUT2D eigenvalue weighted by molar-refractivity contribution is -0.135. The van der Waals surface area contributed by atoms with Gasteiger partial charge in [-0.25, -0.2) is 0 Å². The van der Waals surface area contributed by atoms with Gasteiger partial charge in [0.15, 0.2) is 0 Å². The number of aliphatic imine (C=N–C) groups is 1. The highest BCUT2D eigenvalue weighted by Gasteiger charge is 2.21. The maximum atomic E-state index is 10.7. The first-order valence-corrected chi connectivity index (χ1v) is 4.68. The molecule has 1 heterocycles. The van der Waals surface area contributed by atoms with E-state index >= 15 is 0 Å². The standard InChI is InChI=1S/C9H7NO2S/c11-9(12)8-5-10-6-3-1-2-4-7(6)13-8/h1-5,8H,(H,11,12). The first-order chi connectivity index (χ1) is 6.27. The van der Waals surface area contributed by atoms with Crippen molar-refractivity contribution in [3.8, 4) is 0 Å². The Balaban J connectivity index is 2.34. The molecule has 0 saturated carbocycles. The van der Waals surface area contributed by atoms with E-state index in [0.717, 1.165) is 10.6 Å². The summed E-state index contributed by atoms with van der Waals surface area (Å²) in [5.41, 5.74) is 0.852. The molecule has 4 heteroatoms. The quantitative estimate of drug-likeness (QED) is 0.741. The van der Waals surface area contributed by atoms with E-state index in [1.807, 2.05) is 24.3 Å². The summed E-state index contributed by atoms with van der Waals surface area (Å²) >= 11 is 1.32. The Kier molecular flexibility index (Phi) is 2.06. The van der Waals surface area contributed by atoms with Crippen molar-refractivity contribution >= 4 is 29.6 Å². The van der Waals surface area contributed by atoms with Crippen LogP contribution in [0.3, 0.4) is 0 Å². The van der Waals surface area contributed by atoms with E-state index in [1.54, 1.807) is 0 Å². The smallest absolute Gasteiger partial charge is 0.322 e. The van der Waals surface area contributed by atoms with Gasteiger partial charge in [-0.1, -0.05) is 12.1 Å². The minimum Gasteiger partial charge on any atom is -0.480 e. The number of para-hydroxylation sites is 1. The summed E-state index contributed by atoms with van der Waals surface area (Å²) in [5, 5.41) is 8.21. The van der Waals surface area contributed by atoms with E-state index in [0.29, 0.717) is 0 Å². The van der Waals surface area contributed by atoms with Crippen LogP contribution in [0, 0.1) is 0 Å². The number of thioether (sulfide) groups is 1. The predicted octanol–water partition coefficient (Wildman–Crippen LogP) is 1.95. The van der Waals surface area contributed by atoms with Crippen LogP contribution in [0.1, 0.15) is 0 Å². The Morgan fingerprint density at radius 3 is 3.00 bits per heavy atom. The number of carbonyl (C=O) groups is 1. The Bertz CT molecular complexity index is 376. The molecule has 0 amide bonds. The lowest BCUT2D eigenvalue weighted by atomic mass is 10.3. The number of aliphatic carboxylic acids is 1. The van der Waals surface area contributed by atoms with E-state index in [9.17, 15) is 4.79 Å². The summed E-state index contributed by atoms with van der Waals surface area (Å²) in [5.74, 6) is -0.844. The summed E-state index contributed by atoms with van der Waals surface area (Å²) in [6, 6.07) is 7.52. The zero-order valence-electron chi connectivity index (χ0n) is 6.68. The van der Waals surface area contributed by atoms with Gasteiger partial charge in [-0.3, -0.25) is 9.79 Å². The number of carboxylic acids is 1. The van der Waals surface area contributed by atoms with Gasteiger partial charge in [0, 0.05) is 11.1 Å². The number of rotatable bonds is 1. The van der Waals surface area contributed by atoms with Crippen molar-refractivity contribution in [2.45, 2.75) is 10.1 Å². The zero-order chi connectivity index (χ0) is 9.26. The highest BCUT2D eigenvalue weighted by molar-refractivity contribution is 8.01. The molecule has 1 aromatic carbocycles. The van der Waals surface area contributed by atoms with Crippen molar-refractivity contribution in [2.75, 3.05) is 0 Å². The minimum atomic E-state index is -0.844. The Morgan fingerprint density at radius 1 is 1.46 bits per heavy atom. The molecule has 1 aliphatic heterocycles. The molecule has 0 fully saturated rings. The normalized spacial score (nSPS) is 19.5. The molecule has 13 heavy (non-hydrogen) atoms. The van der Waals surface area contributed by atoms with E-state index in [-0.39, 0.29) is 0 Å². The molecule has 1 aromatic rings. The third kappa shape index (κ3) is 1.58. The summed E-state index contributed by atoms with van der Waals surface area (Å²) in [6.45, 7) is 0. The molecule has 0 bridgehead atoms. The summed E-state index contributed by atoms with van der Waals surface area (Å²) in [7, 11) is 0. The molecule has 1 unspecified atom stereocenters. The molecule has 3 nitrogen and oxygen atoms in total. The predicted molar refractivity (Wildman–Crippen MR) is 51.9 cm³/mol. The number of carboxylic acid groups (broad SMARTS) is 1. The van der Waals surface area contributed by atoms with Gasteiger partial charge in [0.2, 0.25) is 0 Å². The van der Waals surface area contributed by atoms with Crippen LogP contribution in [0.2, 0.25) is 0 Å². The molecular weight excluding hydrogens is 186 g/mol. The molecule has 0 saturated heterocycles. The summed E-state index contributed by atoms with van der Waals surface area (Å²) < 4.78 is 0. The van der Waals surface area contributed by atoms with Crippen molar-refractivity contribution in [2.24, 2.45) is 4.99 Å². The third-order valence-electron chi connectivity index (χ3n) is 1.71. The topological polar surface area (TPSA) is 49.7 Å². The second-order valence-corrected chi connectivity index (χ2v) is 3.81. The van der Waals surface area contributed by atoms with Gasteiger partial charge in [0.25, 0.3) is 0 Å². The molecule has 1 N–H and O–H groups in total. The number of benzene rings is 1. The largest absolute Gasteiger partial charge is 0.480 e. The maximum absolute atomic E-state index is 10.7. The molecule has 66 valence electrons. The first kappa shape index (κ1) is 8.31. The van der Waals surface area contributed by atoms with E-state index in [2.05, 4.69) is 4.99 Å². The van der Waals surface area contributed by atoms with Crippen LogP contribution in [0.5, 0.6) is 0 Å². The average Bonchev–Trinajstić information content (AvgIpc) is 2.17. The molecule has 0 aromatic heterocycles. The van der Waals surface area contributed by atoms with Crippen LogP contribution < -0.4 is 0 Å². The average molecular weight is 193 g/mol. The fourth-order valence-electron chi connectivity index (χ4n) is 1.09. The zero-order valence-corrected chi connectivity index (χ0v) is 7.49. The minimum absolute atomic E-state index is 0.546. The maximum Gasteiger partial charge on any atom is 0.322 e. The van der Waals surface area contributed by atoms with E-state index < -0.39 is 11.2 Å². The van der Waals surface area contributed by atoms with Crippen LogP contribution in [-0.2, 0) is 4.79 Å². The second kappa shape index (κ2) is 3.22. The van der Waals surface area contributed by atoms with Crippen molar-refractivity contribution < 1.29 is 9.90 Å². The number of nitrogens with zero attached hydrogens (tertiary/aromatic N) is 1. The van der Waals surface area contributed by atoms with Gasteiger partial charge in [-0.2, -0.15) is 0 Å². The molecular formula is C9H7NO2S. The van der Waals surface area contributed by atoms with Gasteiger partial charge in [0.1, 0.15) is 5.25 Å². The van der Waals surface area contributed by atoms with Crippen molar-refractivity contribution in [3.05, 3.63) is 24.3 Å². The second-order valence-electron chi connectivity index (χ2n) is 2.62. The Hall–Kier alpha value is -1.29.